The lowest BCUT2D eigenvalue weighted by atomic mass is 9.97. The molecule has 2 aliphatic rings. The maximum atomic E-state index is 13.5. The van der Waals surface area contributed by atoms with Crippen LogP contribution in [0.5, 0.6) is 0 Å². The zero-order valence-electron chi connectivity index (χ0n) is 29.5. The summed E-state index contributed by atoms with van der Waals surface area (Å²) in [6, 6.07) is 3.32. The third-order valence-corrected chi connectivity index (χ3v) is 11.1. The molecule has 5 rings (SSSR count). The van der Waals surface area contributed by atoms with E-state index in [1.54, 1.807) is 36.9 Å². The van der Waals surface area contributed by atoms with Crippen LogP contribution >= 0.6 is 0 Å². The quantitative estimate of drug-likeness (QED) is 0.193. The number of pyridine rings is 2. The molecule has 272 valence electrons. The molecule has 1 amide bonds. The van der Waals surface area contributed by atoms with E-state index in [1.807, 2.05) is 31.7 Å². The first kappa shape index (κ1) is 37.1. The molecule has 1 aliphatic carbocycles. The Hall–Kier alpha value is -4.19. The van der Waals surface area contributed by atoms with Crippen molar-refractivity contribution < 1.29 is 22.2 Å². The van der Waals surface area contributed by atoms with Gasteiger partial charge in [-0.05, 0) is 64.2 Å². The van der Waals surface area contributed by atoms with E-state index < -0.39 is 22.1 Å². The largest absolute Gasteiger partial charge is 0.426 e. The normalized spacial score (nSPS) is 17.8. The number of piperazine rings is 1. The maximum Gasteiger partial charge on any atom is 0.426 e. The van der Waals surface area contributed by atoms with Crippen LogP contribution in [0.2, 0.25) is 0 Å². The molecular formula is C33H48N10O6S. The Bertz CT molecular complexity index is 1910. The van der Waals surface area contributed by atoms with Crippen molar-refractivity contribution in [3.8, 4) is 0 Å². The Morgan fingerprint density at radius 2 is 1.84 bits per heavy atom. The summed E-state index contributed by atoms with van der Waals surface area (Å²) in [7, 11) is -4.37. The van der Waals surface area contributed by atoms with Gasteiger partial charge in [-0.1, -0.05) is 26.7 Å². The lowest BCUT2D eigenvalue weighted by Gasteiger charge is -2.40. The second-order valence-electron chi connectivity index (χ2n) is 13.6. The van der Waals surface area contributed by atoms with Crippen molar-refractivity contribution in [2.75, 3.05) is 42.9 Å². The number of fused-ring (bicyclic) bond motifs is 1. The van der Waals surface area contributed by atoms with Crippen LogP contribution in [0.15, 0.2) is 29.3 Å². The van der Waals surface area contributed by atoms with Gasteiger partial charge in [-0.3, -0.25) is 14.2 Å². The number of aromatic nitrogens is 4. The Morgan fingerprint density at radius 3 is 2.42 bits per heavy atom. The van der Waals surface area contributed by atoms with E-state index >= 15 is 0 Å². The fourth-order valence-corrected chi connectivity index (χ4v) is 7.67. The second-order valence-corrected chi connectivity index (χ2v) is 15.2. The summed E-state index contributed by atoms with van der Waals surface area (Å²) in [4.78, 5) is 55.7. The van der Waals surface area contributed by atoms with E-state index in [4.69, 9.17) is 20.6 Å². The van der Waals surface area contributed by atoms with Crippen LogP contribution < -0.4 is 27.2 Å². The van der Waals surface area contributed by atoms with Crippen molar-refractivity contribution in [3.63, 3.8) is 0 Å². The van der Waals surface area contributed by atoms with E-state index in [-0.39, 0.29) is 67.0 Å². The first-order chi connectivity index (χ1) is 23.5. The van der Waals surface area contributed by atoms with Gasteiger partial charge in [-0.15, -0.1) is 0 Å². The smallest absolute Gasteiger partial charge is 0.365 e. The Morgan fingerprint density at radius 1 is 1.14 bits per heavy atom. The van der Waals surface area contributed by atoms with E-state index in [1.165, 1.54) is 11.8 Å². The first-order valence-electron chi connectivity index (χ1n) is 17.0. The van der Waals surface area contributed by atoms with Gasteiger partial charge in [0.05, 0.1) is 29.7 Å². The predicted octanol–water partition coefficient (Wildman–Crippen LogP) is 3.04. The van der Waals surface area contributed by atoms with Crippen molar-refractivity contribution in [3.05, 3.63) is 46.0 Å². The first-order valence-corrected chi connectivity index (χ1v) is 18.4. The number of nitrogens with zero attached hydrogens (tertiary/aromatic N) is 7. The molecule has 2 fully saturated rings. The molecule has 17 heteroatoms. The highest BCUT2D eigenvalue weighted by molar-refractivity contribution is 7.84. The number of amides is 1. The molecule has 5 N–H and O–H groups in total. The van der Waals surface area contributed by atoms with Gasteiger partial charge < -0.3 is 30.8 Å². The molecule has 50 heavy (non-hydrogen) atoms. The summed E-state index contributed by atoms with van der Waals surface area (Å²) in [5, 5.41) is 3.78. The van der Waals surface area contributed by atoms with Crippen molar-refractivity contribution in [2.24, 2.45) is 17.4 Å². The van der Waals surface area contributed by atoms with Crippen LogP contribution in [0, 0.1) is 12.8 Å². The molecule has 16 nitrogen and oxygen atoms in total. The summed E-state index contributed by atoms with van der Waals surface area (Å²) >= 11 is 0. The molecule has 3 aromatic rings. The summed E-state index contributed by atoms with van der Waals surface area (Å²) < 4.78 is 34.0. The lowest BCUT2D eigenvalue weighted by Crippen LogP contribution is -2.62. The monoisotopic (exact) mass is 712 g/mol. The standard InChI is InChI=1S/C33H48N10O6S/c1-7-40(19-33(34,35)20(2)3)32(46)49-50(47,48)41-14-15-42(21(4)18-41)25-12-13-27(36-16-25)38-31-37-17-26-22(5)28(23(6)44)30(45)43(29(26)39-31)24-10-8-9-11-24/h12-13,16-17,20-21,24H,7-11,14-15,18-19,34-35H2,1-6H3,(H,36,37,38,39)/t21-/m0/s1. The number of carbonyl (C=O) groups excluding carboxylic acids is 2. The SMILES string of the molecule is CCN(CC(N)(N)C(C)C)C(=O)OS(=O)(=O)N1CCN(c2ccc(Nc3ncc4c(C)c(C(C)=O)c(=O)n(C5CCCC5)c4n3)nc2)[C@@H](C)C1. The third-order valence-electron chi connectivity index (χ3n) is 9.83. The molecule has 1 atom stereocenters. The van der Waals surface area contributed by atoms with Crippen LogP contribution in [0.1, 0.15) is 82.3 Å². The second kappa shape index (κ2) is 14.6. The van der Waals surface area contributed by atoms with Crippen LogP contribution in [0.4, 0.5) is 22.2 Å². The molecule has 1 saturated carbocycles. The molecule has 0 unspecified atom stereocenters. The minimum atomic E-state index is -4.37. The van der Waals surface area contributed by atoms with Gasteiger partial charge in [0.15, 0.2) is 5.78 Å². The Kier molecular flexibility index (Phi) is 10.8. The summed E-state index contributed by atoms with van der Waals surface area (Å²) in [6.45, 7) is 11.0. The highest BCUT2D eigenvalue weighted by atomic mass is 32.2. The number of nitrogens with two attached hydrogens (primary N) is 2. The summed E-state index contributed by atoms with van der Waals surface area (Å²) in [5.74, 6) is 0.295. The van der Waals surface area contributed by atoms with Gasteiger partial charge in [0.1, 0.15) is 11.5 Å². The number of likely N-dealkylation sites (N-methyl/N-ethyl adjacent to an activating group) is 1. The minimum Gasteiger partial charge on any atom is -0.365 e. The number of nitrogens with one attached hydrogen (secondary N) is 1. The zero-order valence-corrected chi connectivity index (χ0v) is 30.4. The molecule has 0 spiro atoms. The topological polar surface area (TPSA) is 212 Å². The van der Waals surface area contributed by atoms with E-state index in [9.17, 15) is 22.8 Å². The number of ketones is 1. The summed E-state index contributed by atoms with van der Waals surface area (Å²) in [5.41, 5.74) is 12.7. The molecule has 1 aliphatic heterocycles. The van der Waals surface area contributed by atoms with Crippen LogP contribution in [-0.2, 0) is 14.5 Å². The van der Waals surface area contributed by atoms with Crippen LogP contribution in [0.25, 0.3) is 11.0 Å². The van der Waals surface area contributed by atoms with Crippen LogP contribution in [0.3, 0.4) is 0 Å². The number of aryl methyl sites for hydroxylation is 1. The number of carbonyl (C=O) groups is 2. The maximum absolute atomic E-state index is 13.5. The third kappa shape index (κ3) is 7.60. The number of anilines is 3. The van der Waals surface area contributed by atoms with Crippen molar-refractivity contribution >= 4 is 50.7 Å². The van der Waals surface area contributed by atoms with Gasteiger partial charge in [0.25, 0.3) is 5.56 Å². The predicted molar refractivity (Wildman–Crippen MR) is 191 cm³/mol. The number of rotatable bonds is 11. The summed E-state index contributed by atoms with van der Waals surface area (Å²) in [6.07, 6.45) is 5.97. The van der Waals surface area contributed by atoms with Gasteiger partial charge in [0, 0.05) is 49.8 Å². The molecule has 0 radical (unpaired) electrons. The van der Waals surface area contributed by atoms with Gasteiger partial charge in [-0.2, -0.15) is 17.7 Å². The van der Waals surface area contributed by atoms with Crippen molar-refractivity contribution in [2.45, 2.75) is 85.0 Å². The van der Waals surface area contributed by atoms with Gasteiger partial charge in [-0.25, -0.2) is 14.8 Å². The number of Topliss-reactive ketones (excluding diaryl/α,β-unsaturated/α-hetero) is 1. The molecule has 0 aromatic carbocycles. The van der Waals surface area contributed by atoms with Crippen molar-refractivity contribution in [1.82, 2.24) is 28.7 Å². The fraction of sp³-hybridized carbons (Fsp3) is 0.576. The number of hydrogen-bond donors (Lipinski definition) is 3. The highest BCUT2D eigenvalue weighted by Gasteiger charge is 2.37. The lowest BCUT2D eigenvalue weighted by molar-refractivity contribution is 0.101. The molecule has 3 aromatic heterocycles. The molecular weight excluding hydrogens is 664 g/mol. The van der Waals surface area contributed by atoms with E-state index in [0.29, 0.717) is 29.0 Å². The Balaban J connectivity index is 1.27. The van der Waals surface area contributed by atoms with Crippen molar-refractivity contribution in [1.29, 1.82) is 0 Å². The average molecular weight is 713 g/mol. The van der Waals surface area contributed by atoms with Crippen LogP contribution in [-0.4, -0.2) is 93.4 Å². The Labute approximate surface area is 292 Å². The molecule has 4 heterocycles. The minimum absolute atomic E-state index is 0.0354. The van der Waals surface area contributed by atoms with Gasteiger partial charge in [0.2, 0.25) is 5.95 Å². The van der Waals surface area contributed by atoms with E-state index in [0.717, 1.165) is 35.7 Å². The van der Waals surface area contributed by atoms with Gasteiger partial charge >= 0.3 is 16.4 Å². The zero-order chi connectivity index (χ0) is 36.5. The fourth-order valence-electron chi connectivity index (χ4n) is 6.58. The van der Waals surface area contributed by atoms with E-state index in [2.05, 4.69) is 15.3 Å². The molecule has 1 saturated heterocycles. The average Bonchev–Trinajstić information content (AvgIpc) is 3.58. The molecule has 0 bridgehead atoms. The highest BCUT2D eigenvalue weighted by Crippen LogP contribution is 2.32. The number of hydrogen-bond acceptors (Lipinski definition) is 13.